The van der Waals surface area contributed by atoms with Gasteiger partial charge in [0.05, 0.1) is 24.6 Å². The van der Waals surface area contributed by atoms with Gasteiger partial charge >= 0.3 is 0 Å². The van der Waals surface area contributed by atoms with Crippen LogP contribution in [-0.4, -0.2) is 38.2 Å². The van der Waals surface area contributed by atoms with Gasteiger partial charge in [0.15, 0.2) is 0 Å². The van der Waals surface area contributed by atoms with Crippen molar-refractivity contribution in [1.82, 2.24) is 25.1 Å². The third-order valence-electron chi connectivity index (χ3n) is 4.17. The molecule has 0 amide bonds. The summed E-state index contributed by atoms with van der Waals surface area (Å²) in [6, 6.07) is 0. The van der Waals surface area contributed by atoms with E-state index in [-0.39, 0.29) is 0 Å². The molecule has 1 aliphatic heterocycles. The lowest BCUT2D eigenvalue weighted by molar-refractivity contribution is 0.144. The van der Waals surface area contributed by atoms with Crippen molar-refractivity contribution in [1.29, 1.82) is 0 Å². The van der Waals surface area contributed by atoms with Gasteiger partial charge in [-0.25, -0.2) is 4.68 Å². The van der Waals surface area contributed by atoms with Gasteiger partial charge in [-0.05, 0) is 20.3 Å². The molecule has 0 N–H and O–H groups in total. The lowest BCUT2D eigenvalue weighted by Gasteiger charge is -2.19. The highest BCUT2D eigenvalue weighted by Gasteiger charge is 2.22. The Hall–Kier alpha value is -1.99. The SMILES string of the molecule is C=CCOCc1nnn2c1CN(Cc1c(C)noc1C)CCC2. The Kier molecular flexibility index (Phi) is 4.88. The summed E-state index contributed by atoms with van der Waals surface area (Å²) < 4.78 is 12.8. The van der Waals surface area contributed by atoms with E-state index < -0.39 is 0 Å². The van der Waals surface area contributed by atoms with Crippen LogP contribution in [0.5, 0.6) is 0 Å². The fraction of sp³-hybridized carbons (Fsp3) is 0.562. The van der Waals surface area contributed by atoms with Gasteiger partial charge in [-0.1, -0.05) is 16.4 Å². The van der Waals surface area contributed by atoms with Gasteiger partial charge in [-0.2, -0.15) is 0 Å². The van der Waals surface area contributed by atoms with Crippen LogP contribution in [0.4, 0.5) is 0 Å². The smallest absolute Gasteiger partial charge is 0.138 e. The van der Waals surface area contributed by atoms with Crippen LogP contribution < -0.4 is 0 Å². The predicted octanol–water partition coefficient (Wildman–Crippen LogP) is 1.99. The van der Waals surface area contributed by atoms with E-state index in [0.29, 0.717) is 13.2 Å². The van der Waals surface area contributed by atoms with Crippen LogP contribution in [0, 0.1) is 13.8 Å². The Labute approximate surface area is 135 Å². The average Bonchev–Trinajstić information content (AvgIpc) is 2.98. The number of aryl methyl sites for hydroxylation is 3. The Morgan fingerprint density at radius 3 is 2.96 bits per heavy atom. The summed E-state index contributed by atoms with van der Waals surface area (Å²) in [6.45, 7) is 12.2. The number of ether oxygens (including phenoxy) is 1. The second kappa shape index (κ2) is 7.06. The zero-order valence-corrected chi connectivity index (χ0v) is 13.8. The van der Waals surface area contributed by atoms with Gasteiger partial charge < -0.3 is 9.26 Å². The van der Waals surface area contributed by atoms with E-state index in [1.165, 1.54) is 5.56 Å². The number of hydrogen-bond donors (Lipinski definition) is 0. The van der Waals surface area contributed by atoms with E-state index in [0.717, 1.165) is 55.4 Å². The lowest BCUT2D eigenvalue weighted by Crippen LogP contribution is -2.24. The van der Waals surface area contributed by atoms with Crippen molar-refractivity contribution in [2.24, 2.45) is 0 Å². The second-order valence-corrected chi connectivity index (χ2v) is 5.88. The Morgan fingerprint density at radius 2 is 2.22 bits per heavy atom. The Balaban J connectivity index is 1.74. The molecule has 7 heteroatoms. The van der Waals surface area contributed by atoms with Crippen LogP contribution >= 0.6 is 0 Å². The van der Waals surface area contributed by atoms with Crippen LogP contribution in [0.25, 0.3) is 0 Å². The molecular formula is C16H23N5O2. The largest absolute Gasteiger partial charge is 0.371 e. The molecule has 2 aromatic rings. The van der Waals surface area contributed by atoms with Crippen molar-refractivity contribution < 1.29 is 9.26 Å². The Morgan fingerprint density at radius 1 is 1.35 bits per heavy atom. The molecule has 7 nitrogen and oxygen atoms in total. The van der Waals surface area contributed by atoms with Crippen molar-refractivity contribution in [2.75, 3.05) is 13.2 Å². The quantitative estimate of drug-likeness (QED) is 0.599. The highest BCUT2D eigenvalue weighted by molar-refractivity contribution is 5.21. The molecule has 0 saturated heterocycles. The molecule has 0 atom stereocenters. The molecule has 23 heavy (non-hydrogen) atoms. The first-order valence-corrected chi connectivity index (χ1v) is 7.93. The number of hydrogen-bond acceptors (Lipinski definition) is 6. The summed E-state index contributed by atoms with van der Waals surface area (Å²) in [5.74, 6) is 0.896. The van der Waals surface area contributed by atoms with Crippen LogP contribution in [0.15, 0.2) is 17.2 Å². The third-order valence-corrected chi connectivity index (χ3v) is 4.17. The van der Waals surface area contributed by atoms with Crippen molar-refractivity contribution in [3.8, 4) is 0 Å². The van der Waals surface area contributed by atoms with E-state index in [2.05, 4.69) is 26.9 Å². The lowest BCUT2D eigenvalue weighted by atomic mass is 10.2. The van der Waals surface area contributed by atoms with Gasteiger partial charge in [0.2, 0.25) is 0 Å². The molecular weight excluding hydrogens is 294 g/mol. The minimum absolute atomic E-state index is 0.473. The monoisotopic (exact) mass is 317 g/mol. The summed E-state index contributed by atoms with van der Waals surface area (Å²) in [5, 5.41) is 12.6. The number of nitrogens with zero attached hydrogens (tertiary/aromatic N) is 5. The zero-order chi connectivity index (χ0) is 16.2. The molecule has 124 valence electrons. The van der Waals surface area contributed by atoms with E-state index in [9.17, 15) is 0 Å². The molecule has 3 heterocycles. The molecule has 0 saturated carbocycles. The second-order valence-electron chi connectivity index (χ2n) is 5.88. The standard InChI is InChI=1S/C16H23N5O2/c1-4-8-22-11-15-16-10-20(6-5-7-21(16)19-17-15)9-14-12(2)18-23-13(14)3/h4H,1,5-11H2,2-3H3. The van der Waals surface area contributed by atoms with Crippen molar-refractivity contribution in [3.63, 3.8) is 0 Å². The van der Waals surface area contributed by atoms with E-state index >= 15 is 0 Å². The van der Waals surface area contributed by atoms with Gasteiger partial charge in [0.25, 0.3) is 0 Å². The minimum Gasteiger partial charge on any atom is -0.371 e. The van der Waals surface area contributed by atoms with Crippen LogP contribution in [0.3, 0.4) is 0 Å². The fourth-order valence-electron chi connectivity index (χ4n) is 2.89. The topological polar surface area (TPSA) is 69.2 Å². The van der Waals surface area contributed by atoms with Crippen LogP contribution in [0.1, 0.15) is 34.8 Å². The Bertz CT molecular complexity index is 657. The van der Waals surface area contributed by atoms with Crippen molar-refractivity contribution >= 4 is 0 Å². The molecule has 1 aliphatic rings. The molecule has 0 radical (unpaired) electrons. The summed E-state index contributed by atoms with van der Waals surface area (Å²) in [7, 11) is 0. The molecule has 0 spiro atoms. The maximum atomic E-state index is 5.54. The highest BCUT2D eigenvalue weighted by atomic mass is 16.5. The van der Waals surface area contributed by atoms with Gasteiger partial charge in [0.1, 0.15) is 11.5 Å². The zero-order valence-electron chi connectivity index (χ0n) is 13.8. The number of aromatic nitrogens is 4. The van der Waals surface area contributed by atoms with E-state index in [1.54, 1.807) is 6.08 Å². The highest BCUT2D eigenvalue weighted by Crippen LogP contribution is 2.20. The molecule has 2 aromatic heterocycles. The van der Waals surface area contributed by atoms with Gasteiger partial charge in [-0.15, -0.1) is 11.7 Å². The summed E-state index contributed by atoms with van der Waals surface area (Å²) >= 11 is 0. The van der Waals surface area contributed by atoms with Crippen molar-refractivity contribution in [3.05, 3.63) is 41.1 Å². The predicted molar refractivity (Wildman–Crippen MR) is 84.6 cm³/mol. The first-order chi connectivity index (χ1) is 11.2. The molecule has 0 fully saturated rings. The van der Waals surface area contributed by atoms with Gasteiger partial charge in [0, 0.05) is 31.7 Å². The molecule has 3 rings (SSSR count). The normalized spacial score (nSPS) is 15.4. The van der Waals surface area contributed by atoms with E-state index in [4.69, 9.17) is 9.26 Å². The van der Waals surface area contributed by atoms with Crippen molar-refractivity contribution in [2.45, 2.75) is 46.5 Å². The number of fused-ring (bicyclic) bond motifs is 1. The van der Waals surface area contributed by atoms with Crippen LogP contribution in [-0.2, 0) is 31.0 Å². The third kappa shape index (κ3) is 3.51. The van der Waals surface area contributed by atoms with E-state index in [1.807, 2.05) is 18.5 Å². The van der Waals surface area contributed by atoms with Gasteiger partial charge in [-0.3, -0.25) is 4.90 Å². The summed E-state index contributed by atoms with van der Waals surface area (Å²) in [4.78, 5) is 2.39. The summed E-state index contributed by atoms with van der Waals surface area (Å²) in [6.07, 6.45) is 2.79. The molecule has 0 aromatic carbocycles. The first-order valence-electron chi connectivity index (χ1n) is 7.93. The first kappa shape index (κ1) is 15.9. The van der Waals surface area contributed by atoms with Crippen LogP contribution in [0.2, 0.25) is 0 Å². The minimum atomic E-state index is 0.473. The summed E-state index contributed by atoms with van der Waals surface area (Å²) in [5.41, 5.74) is 4.19. The fourth-order valence-corrected chi connectivity index (χ4v) is 2.89. The maximum Gasteiger partial charge on any atom is 0.138 e. The maximum absolute atomic E-state index is 5.54. The average molecular weight is 317 g/mol. The molecule has 0 bridgehead atoms. The number of rotatable bonds is 6. The molecule has 0 unspecified atom stereocenters. The molecule has 0 aliphatic carbocycles.